The molecule has 7 heteroatoms. The van der Waals surface area contributed by atoms with Gasteiger partial charge in [0.25, 0.3) is 0 Å². The lowest BCUT2D eigenvalue weighted by atomic mass is 9.92. The quantitative estimate of drug-likeness (QED) is 0.136. The highest BCUT2D eigenvalue weighted by atomic mass is 16.2. The first-order valence-corrected chi connectivity index (χ1v) is 14.5. The first kappa shape index (κ1) is 26.7. The predicted molar refractivity (Wildman–Crippen MR) is 172 cm³/mol. The van der Waals surface area contributed by atoms with Crippen LogP contribution in [0.5, 0.6) is 0 Å². The minimum absolute atomic E-state index is 0.106. The zero-order valence-corrected chi connectivity index (χ0v) is 24.5. The van der Waals surface area contributed by atoms with Crippen LogP contribution in [0.2, 0.25) is 0 Å². The number of hydrazine groups is 1. The van der Waals surface area contributed by atoms with Gasteiger partial charge in [0.2, 0.25) is 0 Å². The number of ketones is 2. The molecule has 7 nitrogen and oxygen atoms in total. The molecule has 0 spiro atoms. The highest BCUT2D eigenvalue weighted by Crippen LogP contribution is 2.48. The number of nitrogens with two attached hydrogens (primary N) is 1. The maximum absolute atomic E-state index is 13.6. The summed E-state index contributed by atoms with van der Waals surface area (Å²) in [4.78, 5) is 39.1. The van der Waals surface area contributed by atoms with Crippen molar-refractivity contribution in [1.82, 2.24) is 9.97 Å². The Kier molecular flexibility index (Phi) is 6.22. The molecule has 0 saturated heterocycles. The van der Waals surface area contributed by atoms with Crippen molar-refractivity contribution < 1.29 is 9.59 Å². The number of Topliss-reactive ketones (excluding diaryl/α,β-unsaturated/α-hetero) is 2. The number of carbonyl (C=O) groups excluding carboxylic acids is 2. The second kappa shape index (κ2) is 10.00. The number of para-hydroxylation sites is 3. The molecular formula is C36H31N5O2. The normalized spacial score (nSPS) is 15.5. The molecule has 0 atom stereocenters. The highest BCUT2D eigenvalue weighted by molar-refractivity contribution is 6.40. The van der Waals surface area contributed by atoms with Crippen molar-refractivity contribution in [3.05, 3.63) is 125 Å². The number of hydrogen-bond donors (Lipinski definition) is 1. The lowest BCUT2D eigenvalue weighted by Gasteiger charge is -2.29. The third kappa shape index (κ3) is 4.15. The summed E-state index contributed by atoms with van der Waals surface area (Å²) in [7, 11) is 0. The number of anilines is 3. The Morgan fingerprint density at radius 2 is 1.19 bits per heavy atom. The van der Waals surface area contributed by atoms with E-state index < -0.39 is 0 Å². The molecule has 1 aliphatic heterocycles. The summed E-state index contributed by atoms with van der Waals surface area (Å²) in [6.45, 7) is 8.65. The van der Waals surface area contributed by atoms with Gasteiger partial charge in [-0.05, 0) is 70.2 Å². The van der Waals surface area contributed by atoms with Crippen LogP contribution in [0, 0.1) is 0 Å². The van der Waals surface area contributed by atoms with Crippen molar-refractivity contribution in [3.8, 4) is 0 Å². The molecule has 2 heterocycles. The molecule has 7 rings (SSSR count). The average Bonchev–Trinajstić information content (AvgIpc) is 3.40. The fourth-order valence-corrected chi connectivity index (χ4v) is 6.08. The maximum atomic E-state index is 13.6. The monoisotopic (exact) mass is 565 g/mol. The van der Waals surface area contributed by atoms with Gasteiger partial charge in [0.05, 0.1) is 22.3 Å². The van der Waals surface area contributed by atoms with Crippen molar-refractivity contribution >= 4 is 50.7 Å². The van der Waals surface area contributed by atoms with Gasteiger partial charge in [-0.2, -0.15) is 0 Å². The molecule has 0 radical (unpaired) electrons. The summed E-state index contributed by atoms with van der Waals surface area (Å²) in [5.41, 5.74) is 5.67. The van der Waals surface area contributed by atoms with Gasteiger partial charge >= 0.3 is 0 Å². The average molecular weight is 566 g/mol. The molecular weight excluding hydrogens is 534 g/mol. The number of benzene rings is 4. The molecule has 0 fully saturated rings. The van der Waals surface area contributed by atoms with E-state index in [1.165, 1.54) is 5.01 Å². The van der Waals surface area contributed by atoms with Crippen molar-refractivity contribution in [2.45, 2.75) is 39.5 Å². The molecule has 5 aromatic rings. The van der Waals surface area contributed by atoms with Crippen LogP contribution >= 0.6 is 0 Å². The second-order valence-corrected chi connectivity index (χ2v) is 11.7. The summed E-state index contributed by atoms with van der Waals surface area (Å²) >= 11 is 0. The van der Waals surface area contributed by atoms with Gasteiger partial charge in [-0.1, -0.05) is 82.3 Å². The number of rotatable bonds is 4. The number of hydrogen-bond acceptors (Lipinski definition) is 7. The smallest absolute Gasteiger partial charge is 0.197 e. The van der Waals surface area contributed by atoms with Gasteiger partial charge in [-0.15, -0.1) is 0 Å². The summed E-state index contributed by atoms with van der Waals surface area (Å²) in [5.74, 6) is 8.26. The Hall–Kier alpha value is -5.14. The highest BCUT2D eigenvalue weighted by Gasteiger charge is 2.38. The summed E-state index contributed by atoms with van der Waals surface area (Å²) in [5, 5.41) is 3.34. The molecule has 212 valence electrons. The van der Waals surface area contributed by atoms with E-state index in [9.17, 15) is 9.59 Å². The van der Waals surface area contributed by atoms with E-state index >= 15 is 0 Å². The van der Waals surface area contributed by atoms with E-state index in [1.54, 1.807) is 24.3 Å². The van der Waals surface area contributed by atoms with E-state index in [0.717, 1.165) is 38.6 Å². The van der Waals surface area contributed by atoms with Crippen molar-refractivity contribution in [2.75, 3.05) is 9.91 Å². The van der Waals surface area contributed by atoms with Gasteiger partial charge in [-0.3, -0.25) is 14.5 Å². The van der Waals surface area contributed by atoms with Crippen LogP contribution in [-0.2, 0) is 0 Å². The molecule has 2 N–H and O–H groups in total. The van der Waals surface area contributed by atoms with Gasteiger partial charge in [0, 0.05) is 11.1 Å². The van der Waals surface area contributed by atoms with Crippen LogP contribution in [0.4, 0.5) is 17.3 Å². The zero-order valence-electron chi connectivity index (χ0n) is 24.5. The zero-order chi connectivity index (χ0) is 30.0. The van der Waals surface area contributed by atoms with Crippen molar-refractivity contribution in [2.24, 2.45) is 5.84 Å². The van der Waals surface area contributed by atoms with Gasteiger partial charge in [0.1, 0.15) is 5.82 Å². The number of carbonyl (C=O) groups is 2. The number of fused-ring (bicyclic) bond motifs is 4. The van der Waals surface area contributed by atoms with E-state index in [2.05, 4.69) is 45.9 Å². The largest absolute Gasteiger partial charge is 0.288 e. The van der Waals surface area contributed by atoms with Crippen molar-refractivity contribution in [1.29, 1.82) is 0 Å². The summed E-state index contributed by atoms with van der Waals surface area (Å²) in [6, 6.07) is 25.4. The topological polar surface area (TPSA) is 92.4 Å². The maximum Gasteiger partial charge on any atom is 0.197 e. The standard InChI is InChI=1S/C36H31N5O2/c1-20(2)24-12-9-13-25(21(3)4)32(24)40-31(41(37)36-35(40)38-29-14-7-8-15-30(29)39-36)17-16-26-33(42)27-18-22-10-5-6-11-23(22)19-28(27)34(26)43/h5-21H,37H2,1-4H3/b31-17-. The third-order valence-corrected chi connectivity index (χ3v) is 8.28. The fraction of sp³-hybridized carbons (Fsp3) is 0.167. The molecule has 1 aliphatic carbocycles. The van der Waals surface area contributed by atoms with Crippen LogP contribution in [0.15, 0.2) is 102 Å². The fourth-order valence-electron chi connectivity index (χ4n) is 6.08. The molecule has 0 unspecified atom stereocenters. The molecule has 0 amide bonds. The Labute approximate surface area is 249 Å². The first-order valence-electron chi connectivity index (χ1n) is 14.5. The van der Waals surface area contributed by atoms with Gasteiger partial charge in [0.15, 0.2) is 23.2 Å². The summed E-state index contributed by atoms with van der Waals surface area (Å²) < 4.78 is 0. The Morgan fingerprint density at radius 3 is 1.72 bits per heavy atom. The number of nitrogens with zero attached hydrogens (tertiary/aromatic N) is 4. The Morgan fingerprint density at radius 1 is 0.674 bits per heavy atom. The van der Waals surface area contributed by atoms with E-state index in [0.29, 0.717) is 28.6 Å². The molecule has 4 aromatic carbocycles. The molecule has 0 saturated carbocycles. The molecule has 0 bridgehead atoms. The van der Waals surface area contributed by atoms with Gasteiger partial charge < -0.3 is 0 Å². The van der Waals surface area contributed by atoms with Crippen LogP contribution in [0.3, 0.4) is 0 Å². The third-order valence-electron chi connectivity index (χ3n) is 8.28. The lowest BCUT2D eigenvalue weighted by molar-refractivity contribution is 0.0988. The van der Waals surface area contributed by atoms with Crippen LogP contribution < -0.4 is 15.8 Å². The Bertz CT molecular complexity index is 1970. The van der Waals surface area contributed by atoms with Crippen molar-refractivity contribution in [3.63, 3.8) is 0 Å². The Balaban J connectivity index is 1.44. The lowest BCUT2D eigenvalue weighted by Crippen LogP contribution is -2.32. The predicted octanol–water partition coefficient (Wildman–Crippen LogP) is 7.71. The first-order chi connectivity index (χ1) is 20.7. The van der Waals surface area contributed by atoms with Crippen LogP contribution in [0.25, 0.3) is 21.8 Å². The molecule has 1 aromatic heterocycles. The minimum Gasteiger partial charge on any atom is -0.288 e. The van der Waals surface area contributed by atoms with Gasteiger partial charge in [-0.25, -0.2) is 20.8 Å². The second-order valence-electron chi connectivity index (χ2n) is 11.7. The number of allylic oxidation sites excluding steroid dienone is 3. The van der Waals surface area contributed by atoms with E-state index in [-0.39, 0.29) is 29.0 Å². The van der Waals surface area contributed by atoms with Crippen LogP contribution in [-0.4, -0.2) is 21.5 Å². The molecule has 43 heavy (non-hydrogen) atoms. The minimum atomic E-state index is -0.291. The van der Waals surface area contributed by atoms with Crippen LogP contribution in [0.1, 0.15) is 71.4 Å². The summed E-state index contributed by atoms with van der Waals surface area (Å²) in [6.07, 6.45) is 3.34. The van der Waals surface area contributed by atoms with E-state index in [4.69, 9.17) is 15.8 Å². The molecule has 2 aliphatic rings. The van der Waals surface area contributed by atoms with E-state index in [1.807, 2.05) is 53.4 Å². The SMILES string of the molecule is CC(C)c1cccc(C(C)C)c1N1/C(=C/C=C2C(=O)c3cc4ccccc4cc3C2=O)N(N)c2nc3ccccc3nc21. The number of aromatic nitrogens is 2.